The van der Waals surface area contributed by atoms with Crippen molar-refractivity contribution in [2.45, 2.75) is 29.2 Å². The van der Waals surface area contributed by atoms with Gasteiger partial charge in [-0.3, -0.25) is 19.3 Å². The van der Waals surface area contributed by atoms with Crippen molar-refractivity contribution in [3.8, 4) is 11.5 Å². The van der Waals surface area contributed by atoms with E-state index in [1.807, 2.05) is 72.8 Å². The summed E-state index contributed by atoms with van der Waals surface area (Å²) in [5.74, 6) is 0.494. The Hall–Kier alpha value is -3.53. The number of fused-ring (bicyclic) bond motifs is 9. The number of anilines is 1. The number of ether oxygens (including phenoxy) is 2. The molecule has 4 aliphatic rings. The molecule has 43 heavy (non-hydrogen) atoms. The third-order valence-electron chi connectivity index (χ3n) is 9.59. The van der Waals surface area contributed by atoms with Gasteiger partial charge in [0.15, 0.2) is 11.5 Å². The smallest absolute Gasteiger partial charge is 0.305 e. The minimum absolute atomic E-state index is 0.0415. The maximum Gasteiger partial charge on any atom is 0.305 e. The van der Waals surface area contributed by atoms with Crippen molar-refractivity contribution in [2.24, 2.45) is 29.6 Å². The minimum atomic E-state index is -0.344. The van der Waals surface area contributed by atoms with Crippen LogP contribution < -0.4 is 19.2 Å². The van der Waals surface area contributed by atoms with Crippen molar-refractivity contribution in [1.29, 1.82) is 0 Å². The lowest BCUT2D eigenvalue weighted by molar-refractivity contribution is -0.123. The van der Waals surface area contributed by atoms with Crippen molar-refractivity contribution in [3.05, 3.63) is 103 Å². The second-order valence-electron chi connectivity index (χ2n) is 11.6. The fraction of sp³-hybridized carbons (Fsp3) is 0.303. The van der Waals surface area contributed by atoms with E-state index in [2.05, 4.69) is 4.98 Å². The molecule has 218 valence electrons. The van der Waals surface area contributed by atoms with Gasteiger partial charge in [0.1, 0.15) is 6.61 Å². The molecule has 7 nitrogen and oxygen atoms in total. The van der Waals surface area contributed by atoms with Gasteiger partial charge in [0.25, 0.3) is 0 Å². The number of para-hydroxylation sites is 1. The molecule has 1 saturated heterocycles. The Morgan fingerprint density at radius 3 is 2.42 bits per heavy atom. The third kappa shape index (κ3) is 4.19. The molecule has 2 aliphatic heterocycles. The zero-order valence-corrected chi connectivity index (χ0v) is 25.5. The maximum atomic E-state index is 13.9. The zero-order chi connectivity index (χ0) is 29.4. The molecule has 1 N–H and O–H groups in total. The van der Waals surface area contributed by atoms with Gasteiger partial charge in [0, 0.05) is 21.1 Å². The highest BCUT2D eigenvalue weighted by Crippen LogP contribution is 2.68. The highest BCUT2D eigenvalue weighted by Gasteiger charge is 2.69. The van der Waals surface area contributed by atoms with E-state index in [1.165, 1.54) is 16.2 Å². The Morgan fingerprint density at radius 2 is 1.67 bits per heavy atom. The molecule has 1 aromatic heterocycles. The Morgan fingerprint density at radius 1 is 0.930 bits per heavy atom. The van der Waals surface area contributed by atoms with Gasteiger partial charge in [-0.1, -0.05) is 59.3 Å². The van der Waals surface area contributed by atoms with Crippen molar-refractivity contribution in [3.63, 3.8) is 0 Å². The van der Waals surface area contributed by atoms with E-state index in [1.54, 1.807) is 18.9 Å². The van der Waals surface area contributed by atoms with Crippen molar-refractivity contribution in [1.82, 2.24) is 4.98 Å². The molecule has 2 aliphatic carbocycles. The van der Waals surface area contributed by atoms with Crippen LogP contribution in [0, 0.1) is 29.6 Å². The summed E-state index contributed by atoms with van der Waals surface area (Å²) in [7, 11) is 1.62. The third-order valence-corrected chi connectivity index (χ3v) is 12.4. The number of carbonyl (C=O) groups excluding carboxylic acids is 2. The van der Waals surface area contributed by atoms with Gasteiger partial charge < -0.3 is 14.5 Å². The monoisotopic (exact) mass is 630 g/mol. The summed E-state index contributed by atoms with van der Waals surface area (Å²) in [4.78, 5) is 45.7. The Kier molecular flexibility index (Phi) is 6.47. The van der Waals surface area contributed by atoms with Crippen LogP contribution in [0.15, 0.2) is 82.6 Å². The number of methoxy groups -OCH3 is 1. The predicted octanol–water partition coefficient (Wildman–Crippen LogP) is 6.36. The number of thioether (sulfide) groups is 1. The van der Waals surface area contributed by atoms with E-state index in [0.717, 1.165) is 27.5 Å². The SMILES string of the molecule is COc1cc(C2c3sc(=O)[nH]c3SC3C2[C@H]2C[C@@H]3C3C(=O)N(c4ccccc4)C(=O)C32)ccc1OCc1ccc(Cl)cc1. The van der Waals surface area contributed by atoms with Gasteiger partial charge in [-0.05, 0) is 71.7 Å². The standard InChI is InChI=1S/C33H27ClN2O5S2/c1-40-23-13-17(9-12-22(23)41-15-16-7-10-18(34)11-8-16)24-25-20-14-21(28(25)42-30-29(24)43-33(39)35-30)27-26(20)31(37)36(32(27)38)19-5-3-2-4-6-19/h2-13,20-21,24-28H,14-15H2,1H3,(H,35,39)/t20-,21-,24?,25?,26?,27?,28?/m1/s1. The molecule has 3 fully saturated rings. The van der Waals surface area contributed by atoms with Gasteiger partial charge in [0.2, 0.25) is 11.8 Å². The van der Waals surface area contributed by atoms with Crippen LogP contribution in [0.5, 0.6) is 11.5 Å². The molecule has 2 amide bonds. The van der Waals surface area contributed by atoms with Gasteiger partial charge in [-0.2, -0.15) is 0 Å². The number of nitrogens with zero attached hydrogens (tertiary/aromatic N) is 1. The van der Waals surface area contributed by atoms with E-state index in [-0.39, 0.29) is 57.4 Å². The highest BCUT2D eigenvalue weighted by molar-refractivity contribution is 8.00. The van der Waals surface area contributed by atoms with Crippen LogP contribution in [-0.4, -0.2) is 29.2 Å². The second-order valence-corrected chi connectivity index (χ2v) is 14.3. The number of nitrogens with one attached hydrogen (secondary N) is 1. The molecule has 8 rings (SSSR count). The average molecular weight is 631 g/mol. The molecular formula is C33H27ClN2O5S2. The maximum absolute atomic E-state index is 13.9. The molecule has 3 heterocycles. The van der Waals surface area contributed by atoms with E-state index in [0.29, 0.717) is 28.8 Å². The molecule has 10 heteroatoms. The van der Waals surface area contributed by atoms with Crippen LogP contribution in [0.25, 0.3) is 0 Å². The van der Waals surface area contributed by atoms with Crippen molar-refractivity contribution in [2.75, 3.05) is 12.0 Å². The Balaban J connectivity index is 1.15. The summed E-state index contributed by atoms with van der Waals surface area (Å²) in [5, 5.41) is 1.67. The summed E-state index contributed by atoms with van der Waals surface area (Å²) in [5.41, 5.74) is 2.64. The first-order valence-electron chi connectivity index (χ1n) is 14.3. The number of imide groups is 1. The number of aromatic amines is 1. The summed E-state index contributed by atoms with van der Waals surface area (Å²) in [6.45, 7) is 0.363. The first kappa shape index (κ1) is 27.0. The van der Waals surface area contributed by atoms with Crippen LogP contribution in [-0.2, 0) is 16.2 Å². The topological polar surface area (TPSA) is 88.7 Å². The van der Waals surface area contributed by atoms with E-state index in [4.69, 9.17) is 21.1 Å². The number of aromatic nitrogens is 1. The Labute approximate surface area is 261 Å². The number of thiazole rings is 1. The number of rotatable bonds is 6. The van der Waals surface area contributed by atoms with Crippen LogP contribution in [0.2, 0.25) is 5.02 Å². The predicted molar refractivity (Wildman–Crippen MR) is 166 cm³/mol. The lowest BCUT2D eigenvalue weighted by Crippen LogP contribution is -2.42. The number of H-pyrrole nitrogens is 1. The lowest BCUT2D eigenvalue weighted by Gasteiger charge is -2.43. The van der Waals surface area contributed by atoms with Crippen LogP contribution in [0.3, 0.4) is 0 Å². The first-order chi connectivity index (χ1) is 20.9. The summed E-state index contributed by atoms with van der Waals surface area (Å²) in [6, 6.07) is 22.7. The van der Waals surface area contributed by atoms with Crippen molar-refractivity contribution >= 4 is 52.2 Å². The minimum Gasteiger partial charge on any atom is -0.493 e. The Bertz CT molecular complexity index is 1810. The fourth-order valence-electron chi connectivity index (χ4n) is 7.96. The molecular weight excluding hydrogens is 604 g/mol. The molecule has 3 aromatic carbocycles. The average Bonchev–Trinajstić information content (AvgIpc) is 3.76. The van der Waals surface area contributed by atoms with Crippen LogP contribution >= 0.6 is 34.7 Å². The second kappa shape index (κ2) is 10.3. The van der Waals surface area contributed by atoms with E-state index in [9.17, 15) is 14.4 Å². The number of benzene rings is 3. The van der Waals surface area contributed by atoms with Gasteiger partial charge >= 0.3 is 4.87 Å². The normalized spacial score (nSPS) is 28.5. The molecule has 4 aromatic rings. The van der Waals surface area contributed by atoms with Crippen LogP contribution in [0.4, 0.5) is 5.69 Å². The molecule has 2 bridgehead atoms. The summed E-state index contributed by atoms with van der Waals surface area (Å²) < 4.78 is 11.9. The number of carbonyl (C=O) groups is 2. The van der Waals surface area contributed by atoms with E-state index >= 15 is 0 Å². The van der Waals surface area contributed by atoms with Gasteiger partial charge in [-0.25, -0.2) is 0 Å². The molecule has 7 atom stereocenters. The number of hydrogen-bond acceptors (Lipinski definition) is 7. The quantitative estimate of drug-likeness (QED) is 0.250. The zero-order valence-electron chi connectivity index (χ0n) is 23.1. The highest BCUT2D eigenvalue weighted by atomic mass is 35.5. The number of hydrogen-bond donors (Lipinski definition) is 1. The molecule has 0 spiro atoms. The molecule has 5 unspecified atom stereocenters. The number of halogens is 1. The molecule has 0 radical (unpaired) electrons. The molecule has 2 saturated carbocycles. The first-order valence-corrected chi connectivity index (χ1v) is 16.4. The largest absolute Gasteiger partial charge is 0.493 e. The summed E-state index contributed by atoms with van der Waals surface area (Å²) in [6.07, 6.45) is 0.840. The van der Waals surface area contributed by atoms with E-state index < -0.39 is 0 Å². The summed E-state index contributed by atoms with van der Waals surface area (Å²) >= 11 is 8.96. The lowest BCUT2D eigenvalue weighted by atomic mass is 9.68. The fourth-order valence-corrected chi connectivity index (χ4v) is 11.0. The van der Waals surface area contributed by atoms with Gasteiger partial charge in [0.05, 0.1) is 29.7 Å². The van der Waals surface area contributed by atoms with Gasteiger partial charge in [-0.15, -0.1) is 11.8 Å². The van der Waals surface area contributed by atoms with Crippen LogP contribution in [0.1, 0.15) is 28.3 Å². The van der Waals surface area contributed by atoms with Crippen molar-refractivity contribution < 1.29 is 19.1 Å². The number of amides is 2.